The zero-order chi connectivity index (χ0) is 34.0. The number of alkyl halides is 1. The molecule has 5 rings (SSSR count). The molecule has 0 saturated heterocycles. The van der Waals surface area contributed by atoms with Crippen LogP contribution in [0.2, 0.25) is 0 Å². The van der Waals surface area contributed by atoms with Gasteiger partial charge in [-0.15, -0.1) is 11.6 Å². The van der Waals surface area contributed by atoms with Gasteiger partial charge in [0.2, 0.25) is 5.78 Å². The van der Waals surface area contributed by atoms with E-state index in [2.05, 4.69) is 0 Å². The molecule has 2 aromatic rings. The average molecular weight is 675 g/mol. The van der Waals surface area contributed by atoms with Crippen LogP contribution in [0, 0.1) is 0 Å². The monoisotopic (exact) mass is 674 g/mol. The van der Waals surface area contributed by atoms with E-state index in [9.17, 15) is 53.4 Å². The summed E-state index contributed by atoms with van der Waals surface area (Å²) in [6.07, 6.45) is -1.65. The van der Waals surface area contributed by atoms with Crippen molar-refractivity contribution in [3.8, 4) is 0 Å². The van der Waals surface area contributed by atoms with E-state index in [4.69, 9.17) is 16.3 Å². The van der Waals surface area contributed by atoms with Gasteiger partial charge in [-0.05, 0) is 33.5 Å². The van der Waals surface area contributed by atoms with Crippen molar-refractivity contribution >= 4 is 64.2 Å². The molecule has 0 radical (unpaired) electrons. The number of carbonyl (C=O) groups excluding carboxylic acids is 9. The van der Waals surface area contributed by atoms with Gasteiger partial charge in [0.05, 0.1) is 11.1 Å². The standard InChI is InChI=1S/C16H12O6.C11H6O4.C5H7ClO2.K/c1-7(17)16(8(2)18)15(21)11-12(19)9-5-3-4-6-10(9)13(20)14(11)22-16;12-5-8-9(13)6-3-1-2-4-7(6)10(14)11(8)15;1-3(7)5(6)4(2)8;/h3-6,15,21H,1-2H3;1-5,15H;5H,1-2H3;/q;;;+1/p-1. The molecular formula is C32H24ClKO12. The molecule has 0 aromatic heterocycles. The predicted octanol–water partition coefficient (Wildman–Crippen LogP) is -1.72. The second-order valence-corrected chi connectivity index (χ2v) is 10.4. The Morgan fingerprint density at radius 2 is 1.17 bits per heavy atom. The Morgan fingerprint density at radius 3 is 1.54 bits per heavy atom. The zero-order valence-electron chi connectivity index (χ0n) is 25.2. The van der Waals surface area contributed by atoms with Gasteiger partial charge >= 0.3 is 51.4 Å². The average Bonchev–Trinajstić information content (AvgIpc) is 3.34. The molecule has 12 nitrogen and oxygen atoms in total. The van der Waals surface area contributed by atoms with E-state index >= 15 is 0 Å². The maximum absolute atomic E-state index is 12.5. The normalized spacial score (nSPS) is 17.2. The van der Waals surface area contributed by atoms with Gasteiger partial charge in [-0.2, -0.15) is 0 Å². The van der Waals surface area contributed by atoms with Crippen LogP contribution in [-0.2, 0) is 28.7 Å². The van der Waals surface area contributed by atoms with E-state index < -0.39 is 68.9 Å². The van der Waals surface area contributed by atoms with Gasteiger partial charge in [-0.1, -0.05) is 48.5 Å². The third-order valence-corrected chi connectivity index (χ3v) is 7.64. The van der Waals surface area contributed by atoms with E-state index in [-0.39, 0.29) is 97.1 Å². The number of Topliss-reactive ketones (excluding diaryl/α,β-unsaturated/α-hetero) is 8. The minimum atomic E-state index is -2.22. The summed E-state index contributed by atoms with van der Waals surface area (Å²) in [5.74, 6) is -6.24. The number of allylic oxidation sites excluding steroid dienone is 3. The van der Waals surface area contributed by atoms with E-state index in [0.29, 0.717) is 0 Å². The van der Waals surface area contributed by atoms with Crippen LogP contribution in [0.1, 0.15) is 69.1 Å². The van der Waals surface area contributed by atoms with E-state index in [1.165, 1.54) is 38.1 Å². The number of hydrogen-bond donors (Lipinski definition) is 1. The maximum atomic E-state index is 12.5. The first-order valence-electron chi connectivity index (χ1n) is 13.1. The Kier molecular flexibility index (Phi) is 12.9. The first kappa shape index (κ1) is 38.6. The van der Waals surface area contributed by atoms with Crippen LogP contribution in [0.3, 0.4) is 0 Å². The summed E-state index contributed by atoms with van der Waals surface area (Å²) < 4.78 is 5.29. The molecule has 46 heavy (non-hydrogen) atoms. The van der Waals surface area contributed by atoms with Gasteiger partial charge < -0.3 is 14.9 Å². The summed E-state index contributed by atoms with van der Waals surface area (Å²) in [5.41, 5.74) is -2.70. The molecule has 1 atom stereocenters. The molecule has 1 unspecified atom stereocenters. The molecule has 14 heteroatoms. The third-order valence-electron chi connectivity index (χ3n) is 7.02. The molecule has 0 bridgehead atoms. The molecule has 0 amide bonds. The number of rotatable bonds is 5. The minimum Gasteiger partial charge on any atom is -0.869 e. The van der Waals surface area contributed by atoms with Crippen molar-refractivity contribution in [3.63, 3.8) is 0 Å². The van der Waals surface area contributed by atoms with Crippen molar-refractivity contribution in [1.82, 2.24) is 0 Å². The predicted molar refractivity (Wildman–Crippen MR) is 153 cm³/mol. The largest absolute Gasteiger partial charge is 1.00 e. The van der Waals surface area contributed by atoms with Crippen LogP contribution in [0.4, 0.5) is 0 Å². The van der Waals surface area contributed by atoms with E-state index in [1.807, 2.05) is 0 Å². The van der Waals surface area contributed by atoms with Gasteiger partial charge in [0, 0.05) is 22.3 Å². The second-order valence-electron chi connectivity index (χ2n) is 9.95. The number of carbonyl (C=O) groups is 9. The molecule has 2 aromatic carbocycles. The fraction of sp³-hybridized carbons (Fsp3) is 0.219. The number of fused-ring (bicyclic) bond motifs is 2. The molecule has 0 fully saturated rings. The fourth-order valence-corrected chi connectivity index (χ4v) is 4.68. The Morgan fingerprint density at radius 1 is 0.783 bits per heavy atom. The van der Waals surface area contributed by atoms with E-state index in [0.717, 1.165) is 13.8 Å². The van der Waals surface area contributed by atoms with Gasteiger partial charge in [0.1, 0.15) is 11.5 Å². The van der Waals surface area contributed by atoms with Gasteiger partial charge in [-0.3, -0.25) is 43.2 Å². The van der Waals surface area contributed by atoms with Gasteiger partial charge in [0.25, 0.3) is 5.60 Å². The zero-order valence-corrected chi connectivity index (χ0v) is 29.0. The van der Waals surface area contributed by atoms with Crippen LogP contribution in [-0.4, -0.2) is 74.7 Å². The topological polar surface area (TPSA) is 206 Å². The first-order valence-corrected chi connectivity index (χ1v) is 13.5. The van der Waals surface area contributed by atoms with Crippen molar-refractivity contribution in [1.29, 1.82) is 0 Å². The molecule has 1 heterocycles. The van der Waals surface area contributed by atoms with Crippen molar-refractivity contribution in [3.05, 3.63) is 93.4 Å². The molecule has 2 aliphatic carbocycles. The second kappa shape index (κ2) is 15.4. The number of hydrogen-bond acceptors (Lipinski definition) is 12. The summed E-state index contributed by atoms with van der Waals surface area (Å²) in [7, 11) is 0. The molecule has 1 aliphatic heterocycles. The summed E-state index contributed by atoms with van der Waals surface area (Å²) >= 11 is 5.25. The van der Waals surface area contributed by atoms with Crippen molar-refractivity contribution in [2.45, 2.75) is 44.8 Å². The van der Waals surface area contributed by atoms with Crippen LogP contribution in [0.25, 0.3) is 0 Å². The number of aliphatic hydroxyl groups excluding tert-OH is 1. The molecular weight excluding hydrogens is 651 g/mol. The van der Waals surface area contributed by atoms with Crippen LogP contribution < -0.4 is 56.5 Å². The fourth-order valence-electron chi connectivity index (χ4n) is 4.68. The van der Waals surface area contributed by atoms with Crippen LogP contribution in [0.15, 0.2) is 71.2 Å². The van der Waals surface area contributed by atoms with Gasteiger partial charge in [0.15, 0.2) is 52.5 Å². The summed E-state index contributed by atoms with van der Waals surface area (Å²) in [5, 5.41) is 20.7. The Labute approximate surface area is 309 Å². The van der Waals surface area contributed by atoms with E-state index in [1.54, 1.807) is 24.3 Å². The Balaban J connectivity index is 0.000000266. The van der Waals surface area contributed by atoms with Crippen molar-refractivity contribution in [2.75, 3.05) is 0 Å². The van der Waals surface area contributed by atoms with Crippen molar-refractivity contribution < 1.29 is 109 Å². The number of aliphatic hydroxyl groups is 1. The Bertz CT molecular complexity index is 1760. The number of ether oxygens (including phenoxy) is 1. The summed E-state index contributed by atoms with van der Waals surface area (Å²) in [4.78, 5) is 103. The molecule has 1 N–H and O–H groups in total. The number of halogens is 1. The summed E-state index contributed by atoms with van der Waals surface area (Å²) in [6.45, 7) is 4.73. The van der Waals surface area contributed by atoms with Crippen LogP contribution >= 0.6 is 11.6 Å². The molecule has 0 saturated carbocycles. The number of ketones is 8. The number of aldehydes is 1. The Hall–Kier alpha value is -3.56. The van der Waals surface area contributed by atoms with Crippen LogP contribution in [0.5, 0.6) is 0 Å². The number of benzene rings is 2. The maximum Gasteiger partial charge on any atom is 1.00 e. The first-order chi connectivity index (χ1) is 21.0. The smallest absolute Gasteiger partial charge is 0.869 e. The quantitative estimate of drug-likeness (QED) is 0.124. The third kappa shape index (κ3) is 6.90. The molecule has 232 valence electrons. The summed E-state index contributed by atoms with van der Waals surface area (Å²) in [6, 6.07) is 12.0. The van der Waals surface area contributed by atoms with Crippen molar-refractivity contribution in [2.24, 2.45) is 0 Å². The molecule has 0 spiro atoms. The minimum absolute atomic E-state index is 0. The molecule has 3 aliphatic rings. The SMILES string of the molecule is CC(=O)C(Cl)C(C)=O.CC(=O)C1(C(C)=O)OC2=C(C(=O)c3ccccc3C2=O)C1O.O=CC1=C([O-])C(=O)c2ccccc2C1=O.[K+]. The van der Waals surface area contributed by atoms with Gasteiger partial charge in [-0.25, -0.2) is 0 Å².